The van der Waals surface area contributed by atoms with Gasteiger partial charge in [0.15, 0.2) is 0 Å². The number of nitrogens with zero attached hydrogens (tertiary/aromatic N) is 3. The third kappa shape index (κ3) is 4.06. The van der Waals surface area contributed by atoms with E-state index in [0.29, 0.717) is 43.7 Å². The normalized spacial score (nSPS) is 13.2. The van der Waals surface area contributed by atoms with Crippen LogP contribution in [-0.2, 0) is 18.2 Å². The van der Waals surface area contributed by atoms with Gasteiger partial charge in [-0.3, -0.25) is 19.3 Å². The van der Waals surface area contributed by atoms with Crippen molar-refractivity contribution in [1.82, 2.24) is 19.8 Å². The highest BCUT2D eigenvalue weighted by Gasteiger charge is 2.35. The first-order valence-electron chi connectivity index (χ1n) is 8.75. The minimum atomic E-state index is -0.366. The summed E-state index contributed by atoms with van der Waals surface area (Å²) >= 11 is 0. The summed E-state index contributed by atoms with van der Waals surface area (Å²) in [7, 11) is 3.46. The van der Waals surface area contributed by atoms with Gasteiger partial charge >= 0.3 is 0 Å². The molecule has 0 spiro atoms. The largest absolute Gasteiger partial charge is 0.385 e. The molecule has 8 heteroatoms. The number of imide groups is 1. The molecule has 142 valence electrons. The van der Waals surface area contributed by atoms with Crippen molar-refractivity contribution in [3.05, 3.63) is 53.1 Å². The average Bonchev–Trinajstić information content (AvgIpc) is 3.18. The molecular formula is C19H22N4O4. The first-order chi connectivity index (χ1) is 13.0. The number of ether oxygens (including phenoxy) is 1. The van der Waals surface area contributed by atoms with E-state index in [0.717, 1.165) is 5.69 Å². The monoisotopic (exact) mass is 370 g/mol. The molecular weight excluding hydrogens is 348 g/mol. The number of rotatable bonds is 8. The molecule has 0 aliphatic carbocycles. The summed E-state index contributed by atoms with van der Waals surface area (Å²) in [6.07, 6.45) is 4.79. The quantitative estimate of drug-likeness (QED) is 0.553. The van der Waals surface area contributed by atoms with E-state index < -0.39 is 0 Å². The van der Waals surface area contributed by atoms with Crippen LogP contribution in [0.3, 0.4) is 0 Å². The molecule has 1 aromatic carbocycles. The summed E-state index contributed by atoms with van der Waals surface area (Å²) in [6, 6.07) is 4.60. The zero-order valence-electron chi connectivity index (χ0n) is 15.4. The Balaban J connectivity index is 1.63. The summed E-state index contributed by atoms with van der Waals surface area (Å²) in [6.45, 7) is 1.20. The Morgan fingerprint density at radius 1 is 1.22 bits per heavy atom. The molecule has 0 bridgehead atoms. The maximum Gasteiger partial charge on any atom is 0.261 e. The van der Waals surface area contributed by atoms with E-state index in [1.54, 1.807) is 25.6 Å². The molecule has 3 amide bonds. The van der Waals surface area contributed by atoms with Crippen LogP contribution in [0.4, 0.5) is 0 Å². The van der Waals surface area contributed by atoms with Crippen LogP contribution in [0.1, 0.15) is 43.2 Å². The topological polar surface area (TPSA) is 93.5 Å². The van der Waals surface area contributed by atoms with Crippen molar-refractivity contribution in [3.63, 3.8) is 0 Å². The summed E-state index contributed by atoms with van der Waals surface area (Å²) in [5.41, 5.74) is 1.85. The fourth-order valence-electron chi connectivity index (χ4n) is 3.00. The van der Waals surface area contributed by atoms with E-state index in [2.05, 4.69) is 10.3 Å². The molecule has 1 N–H and O–H groups in total. The van der Waals surface area contributed by atoms with Gasteiger partial charge in [0.25, 0.3) is 17.7 Å². The van der Waals surface area contributed by atoms with Crippen molar-refractivity contribution in [2.24, 2.45) is 7.05 Å². The molecule has 2 aromatic rings. The fourth-order valence-corrected chi connectivity index (χ4v) is 3.00. The predicted octanol–water partition coefficient (Wildman–Crippen LogP) is 1.03. The number of aromatic nitrogens is 2. The number of methoxy groups -OCH3 is 1. The van der Waals surface area contributed by atoms with Crippen LogP contribution in [0.2, 0.25) is 0 Å². The van der Waals surface area contributed by atoms with Crippen molar-refractivity contribution in [1.29, 1.82) is 0 Å². The van der Waals surface area contributed by atoms with Gasteiger partial charge in [-0.2, -0.15) is 0 Å². The number of fused-ring (bicyclic) bond motifs is 1. The van der Waals surface area contributed by atoms with Gasteiger partial charge in [0.1, 0.15) is 0 Å². The Morgan fingerprint density at radius 3 is 2.70 bits per heavy atom. The number of hydrogen-bond donors (Lipinski definition) is 1. The van der Waals surface area contributed by atoms with Gasteiger partial charge in [-0.1, -0.05) is 0 Å². The highest BCUT2D eigenvalue weighted by molar-refractivity contribution is 6.22. The van der Waals surface area contributed by atoms with Crippen LogP contribution in [0.15, 0.2) is 30.7 Å². The van der Waals surface area contributed by atoms with Crippen molar-refractivity contribution in [2.75, 3.05) is 26.8 Å². The van der Waals surface area contributed by atoms with Crippen LogP contribution in [0, 0.1) is 0 Å². The Morgan fingerprint density at radius 2 is 2.00 bits per heavy atom. The van der Waals surface area contributed by atoms with Crippen molar-refractivity contribution in [2.45, 2.75) is 12.8 Å². The lowest BCUT2D eigenvalue weighted by atomic mass is 10.1. The number of amides is 3. The molecule has 1 aliphatic heterocycles. The average molecular weight is 370 g/mol. The minimum Gasteiger partial charge on any atom is -0.385 e. The van der Waals surface area contributed by atoms with Gasteiger partial charge in [-0.25, -0.2) is 4.98 Å². The van der Waals surface area contributed by atoms with Crippen LogP contribution < -0.4 is 5.32 Å². The summed E-state index contributed by atoms with van der Waals surface area (Å²) < 4.78 is 6.81. The van der Waals surface area contributed by atoms with E-state index in [4.69, 9.17) is 4.74 Å². The molecule has 2 heterocycles. The molecule has 3 rings (SSSR count). The SMILES string of the molecule is COCCCN1C(=O)c2ccc(C(=O)NCCc3cn(C)cn3)cc2C1=O. The second-order valence-corrected chi connectivity index (χ2v) is 6.41. The maximum absolute atomic E-state index is 12.5. The molecule has 0 atom stereocenters. The van der Waals surface area contributed by atoms with Crippen molar-refractivity contribution < 1.29 is 19.1 Å². The third-order valence-electron chi connectivity index (χ3n) is 4.39. The number of aryl methyl sites for hydroxylation is 1. The Labute approximate surface area is 157 Å². The second-order valence-electron chi connectivity index (χ2n) is 6.41. The van der Waals surface area contributed by atoms with Gasteiger partial charge in [0.05, 0.1) is 23.1 Å². The number of nitrogens with one attached hydrogen (secondary N) is 1. The first kappa shape index (κ1) is 18.8. The molecule has 0 radical (unpaired) electrons. The van der Waals surface area contributed by atoms with E-state index >= 15 is 0 Å². The summed E-state index contributed by atoms with van der Waals surface area (Å²) in [5, 5.41) is 2.81. The van der Waals surface area contributed by atoms with Crippen LogP contribution in [-0.4, -0.2) is 59.0 Å². The zero-order chi connectivity index (χ0) is 19.4. The summed E-state index contributed by atoms with van der Waals surface area (Å²) in [5.74, 6) is -0.978. The first-order valence-corrected chi connectivity index (χ1v) is 8.75. The lowest BCUT2D eigenvalue weighted by Gasteiger charge is -2.12. The molecule has 0 unspecified atom stereocenters. The smallest absolute Gasteiger partial charge is 0.261 e. The van der Waals surface area contributed by atoms with Crippen LogP contribution in [0.5, 0.6) is 0 Å². The summed E-state index contributed by atoms with van der Waals surface area (Å²) in [4.78, 5) is 42.6. The number of hydrogen-bond acceptors (Lipinski definition) is 5. The third-order valence-corrected chi connectivity index (χ3v) is 4.39. The standard InChI is InChI=1S/C19H22N4O4/c1-22-11-14(21-12-22)6-7-20-17(24)13-4-5-15-16(10-13)19(26)23(18(15)25)8-3-9-27-2/h4-5,10-12H,3,6-9H2,1-2H3,(H,20,24). The lowest BCUT2D eigenvalue weighted by Crippen LogP contribution is -2.31. The van der Waals surface area contributed by atoms with E-state index in [1.165, 1.54) is 11.0 Å². The molecule has 1 aliphatic rings. The molecule has 0 saturated heterocycles. The molecule has 8 nitrogen and oxygen atoms in total. The lowest BCUT2D eigenvalue weighted by molar-refractivity contribution is 0.0638. The fraction of sp³-hybridized carbons (Fsp3) is 0.368. The van der Waals surface area contributed by atoms with Gasteiger partial charge in [-0.05, 0) is 24.6 Å². The zero-order valence-corrected chi connectivity index (χ0v) is 15.4. The molecule has 1 aromatic heterocycles. The van der Waals surface area contributed by atoms with Crippen LogP contribution >= 0.6 is 0 Å². The number of benzene rings is 1. The number of imidazole rings is 1. The highest BCUT2D eigenvalue weighted by Crippen LogP contribution is 2.24. The van der Waals surface area contributed by atoms with Crippen molar-refractivity contribution in [3.8, 4) is 0 Å². The molecule has 0 saturated carbocycles. The van der Waals surface area contributed by atoms with Gasteiger partial charge in [0, 0.05) is 52.0 Å². The van der Waals surface area contributed by atoms with Gasteiger partial charge in [0.2, 0.25) is 0 Å². The molecule has 0 fully saturated rings. The number of carbonyl (C=O) groups excluding carboxylic acids is 3. The Kier molecular flexibility index (Phi) is 5.66. The van der Waals surface area contributed by atoms with Gasteiger partial charge in [-0.15, -0.1) is 0 Å². The molecule has 27 heavy (non-hydrogen) atoms. The predicted molar refractivity (Wildman–Crippen MR) is 97.5 cm³/mol. The minimum absolute atomic E-state index is 0.273. The van der Waals surface area contributed by atoms with Gasteiger partial charge < -0.3 is 14.6 Å². The maximum atomic E-state index is 12.5. The Hall–Kier alpha value is -3.00. The van der Waals surface area contributed by atoms with Crippen LogP contribution in [0.25, 0.3) is 0 Å². The van der Waals surface area contributed by atoms with E-state index in [9.17, 15) is 14.4 Å². The Bertz CT molecular complexity index is 874. The van der Waals surface area contributed by atoms with E-state index in [1.807, 2.05) is 17.8 Å². The second kappa shape index (κ2) is 8.13. The van der Waals surface area contributed by atoms with Crippen molar-refractivity contribution >= 4 is 17.7 Å². The highest BCUT2D eigenvalue weighted by atomic mass is 16.5. The van der Waals surface area contributed by atoms with E-state index in [-0.39, 0.29) is 23.3 Å². The number of carbonyl (C=O) groups is 3.